The van der Waals surface area contributed by atoms with E-state index in [1.165, 1.54) is 27.8 Å². The molecule has 1 aliphatic heterocycles. The van der Waals surface area contributed by atoms with Crippen molar-refractivity contribution in [2.24, 2.45) is 0 Å². The number of furan rings is 1. The van der Waals surface area contributed by atoms with Gasteiger partial charge in [-0.05, 0) is 84.7 Å². The molecule has 0 atom stereocenters. The van der Waals surface area contributed by atoms with Crippen LogP contribution in [0.4, 0.5) is 0 Å². The number of rotatable bonds is 6. The molecule has 1 aliphatic carbocycles. The summed E-state index contributed by atoms with van der Waals surface area (Å²) >= 11 is 0. The number of hydrogen-bond donors (Lipinski definition) is 0. The van der Waals surface area contributed by atoms with Crippen molar-refractivity contribution in [1.29, 1.82) is 0 Å². The van der Waals surface area contributed by atoms with Crippen molar-refractivity contribution in [2.45, 2.75) is 44.3 Å². The first-order valence-corrected chi connectivity index (χ1v) is 20.2. The number of benzene rings is 7. The second-order valence-corrected chi connectivity index (χ2v) is 16.6. The third-order valence-corrected chi connectivity index (χ3v) is 12.7. The van der Waals surface area contributed by atoms with Crippen LogP contribution in [0.1, 0.15) is 49.9 Å². The molecule has 6 nitrogen and oxygen atoms in total. The smallest absolute Gasteiger partial charge is 0.455 e. The lowest BCUT2D eigenvalue weighted by Gasteiger charge is -2.33. The first-order chi connectivity index (χ1) is 28.7. The lowest BCUT2D eigenvalue weighted by Crippen LogP contribution is -2.41. The zero-order valence-electron chi connectivity index (χ0n) is 33.3. The zero-order valence-corrected chi connectivity index (χ0v) is 33.3. The summed E-state index contributed by atoms with van der Waals surface area (Å²) in [5, 5.41) is 2.07. The molecular formula is C52H40BN3O3. The van der Waals surface area contributed by atoms with Crippen LogP contribution in [0.15, 0.2) is 174 Å². The molecule has 11 rings (SSSR count). The van der Waals surface area contributed by atoms with Crippen LogP contribution in [0, 0.1) is 0 Å². The molecule has 1 fully saturated rings. The molecule has 1 saturated heterocycles. The Morgan fingerprint density at radius 3 is 1.69 bits per heavy atom. The standard InChI is InChI=1S/C52H40BN3O3/c1-50(2)51(3,4)59-53(58-50)37-29-26-33(27-30-37)47-54-48(56-49(55-47)41-23-15-22-40-39-21-12-14-25-45(39)57-46(40)41)34-28-31-44-42(32-34)38-20-11-13-24-43(38)52(44,35-16-7-5-8-17-35)36-18-9-6-10-19-36/h5-32H,1-4H3. The van der Waals surface area contributed by atoms with Gasteiger partial charge in [-0.3, -0.25) is 0 Å². The SMILES string of the molecule is CC1(C)OB(c2ccc(-c3nc(-c4ccc5c(c4)-c4ccccc4C5(c4ccccc4)c4ccccc4)nc(-c4cccc5c4oc4ccccc45)n3)cc2)OC1(C)C. The maximum Gasteiger partial charge on any atom is 0.494 e. The highest BCUT2D eigenvalue weighted by atomic mass is 16.7. The van der Waals surface area contributed by atoms with Crippen molar-refractivity contribution in [3.05, 3.63) is 192 Å². The molecule has 3 heterocycles. The van der Waals surface area contributed by atoms with Crippen LogP contribution in [0.25, 0.3) is 67.2 Å². The second kappa shape index (κ2) is 13.2. The molecule has 2 aliphatic rings. The minimum Gasteiger partial charge on any atom is -0.455 e. The van der Waals surface area contributed by atoms with Gasteiger partial charge < -0.3 is 13.7 Å². The van der Waals surface area contributed by atoms with Crippen LogP contribution in [0.5, 0.6) is 0 Å². The van der Waals surface area contributed by atoms with E-state index in [2.05, 4.69) is 143 Å². The molecule has 284 valence electrons. The number of para-hydroxylation sites is 2. The summed E-state index contributed by atoms with van der Waals surface area (Å²) < 4.78 is 19.3. The maximum atomic E-state index is 6.51. The first kappa shape index (κ1) is 35.5. The van der Waals surface area contributed by atoms with E-state index in [1.807, 2.05) is 54.6 Å². The van der Waals surface area contributed by atoms with Crippen molar-refractivity contribution in [3.63, 3.8) is 0 Å². The highest BCUT2D eigenvalue weighted by molar-refractivity contribution is 6.62. The number of hydrogen-bond acceptors (Lipinski definition) is 6. The molecule has 9 aromatic rings. The molecule has 0 radical (unpaired) electrons. The van der Waals surface area contributed by atoms with E-state index in [9.17, 15) is 0 Å². The van der Waals surface area contributed by atoms with Crippen LogP contribution in [-0.4, -0.2) is 33.3 Å². The van der Waals surface area contributed by atoms with Crippen LogP contribution >= 0.6 is 0 Å². The molecule has 0 bridgehead atoms. The quantitative estimate of drug-likeness (QED) is 0.157. The van der Waals surface area contributed by atoms with E-state index in [1.54, 1.807) is 0 Å². The fourth-order valence-electron chi connectivity index (χ4n) is 9.03. The summed E-state index contributed by atoms with van der Waals surface area (Å²) in [6.07, 6.45) is 0. The Hall–Kier alpha value is -6.67. The van der Waals surface area contributed by atoms with Crippen LogP contribution in [0.3, 0.4) is 0 Å². The molecular weight excluding hydrogens is 725 g/mol. The monoisotopic (exact) mass is 765 g/mol. The number of fused-ring (bicyclic) bond motifs is 6. The average molecular weight is 766 g/mol. The Labute approximate surface area is 343 Å². The average Bonchev–Trinajstić information content (AvgIpc) is 3.88. The van der Waals surface area contributed by atoms with Crippen LogP contribution in [-0.2, 0) is 14.7 Å². The van der Waals surface area contributed by atoms with Crippen molar-refractivity contribution >= 4 is 34.5 Å². The van der Waals surface area contributed by atoms with Gasteiger partial charge >= 0.3 is 7.12 Å². The van der Waals surface area contributed by atoms with Gasteiger partial charge in [0.1, 0.15) is 11.2 Å². The Kier molecular flexibility index (Phi) is 7.93. The molecule has 59 heavy (non-hydrogen) atoms. The van der Waals surface area contributed by atoms with Crippen molar-refractivity contribution in [3.8, 4) is 45.3 Å². The predicted molar refractivity (Wildman–Crippen MR) is 236 cm³/mol. The molecule has 0 unspecified atom stereocenters. The Balaban J connectivity index is 1.10. The predicted octanol–water partition coefficient (Wildman–Crippen LogP) is 11.4. The summed E-state index contributed by atoms with van der Waals surface area (Å²) in [7, 11) is -0.475. The molecule has 0 amide bonds. The van der Waals surface area contributed by atoms with Gasteiger partial charge in [0.15, 0.2) is 17.5 Å². The summed E-state index contributed by atoms with van der Waals surface area (Å²) in [5.74, 6) is 1.67. The van der Waals surface area contributed by atoms with Gasteiger partial charge in [0, 0.05) is 21.9 Å². The van der Waals surface area contributed by atoms with Gasteiger partial charge in [-0.1, -0.05) is 152 Å². The number of aromatic nitrogens is 3. The van der Waals surface area contributed by atoms with Crippen LogP contribution < -0.4 is 5.46 Å². The van der Waals surface area contributed by atoms with Gasteiger partial charge in [-0.15, -0.1) is 0 Å². The minimum absolute atomic E-state index is 0.440. The molecule has 7 aromatic carbocycles. The molecule has 0 saturated carbocycles. The molecule has 0 spiro atoms. The summed E-state index contributed by atoms with van der Waals surface area (Å²) in [4.78, 5) is 15.6. The summed E-state index contributed by atoms with van der Waals surface area (Å²) in [6, 6.07) is 59.6. The van der Waals surface area contributed by atoms with Gasteiger partial charge in [0.2, 0.25) is 0 Å². The van der Waals surface area contributed by atoms with Gasteiger partial charge in [-0.2, -0.15) is 0 Å². The van der Waals surface area contributed by atoms with Gasteiger partial charge in [0.25, 0.3) is 0 Å². The largest absolute Gasteiger partial charge is 0.494 e. The second-order valence-electron chi connectivity index (χ2n) is 16.6. The lowest BCUT2D eigenvalue weighted by molar-refractivity contribution is 0.00578. The molecule has 0 N–H and O–H groups in total. The Bertz CT molecular complexity index is 3010. The van der Waals surface area contributed by atoms with Crippen molar-refractivity contribution in [1.82, 2.24) is 15.0 Å². The third kappa shape index (κ3) is 5.46. The third-order valence-electron chi connectivity index (χ3n) is 12.7. The van der Waals surface area contributed by atoms with E-state index in [0.717, 1.165) is 49.7 Å². The lowest BCUT2D eigenvalue weighted by atomic mass is 9.67. The summed E-state index contributed by atoms with van der Waals surface area (Å²) in [6.45, 7) is 8.27. The van der Waals surface area contributed by atoms with Gasteiger partial charge in [-0.25, -0.2) is 15.0 Å². The highest BCUT2D eigenvalue weighted by Gasteiger charge is 2.52. The van der Waals surface area contributed by atoms with Crippen LogP contribution in [0.2, 0.25) is 0 Å². The number of nitrogens with zero attached hydrogens (tertiary/aromatic N) is 3. The normalized spacial score (nSPS) is 16.0. The zero-order chi connectivity index (χ0) is 39.9. The van der Waals surface area contributed by atoms with E-state index < -0.39 is 23.7 Å². The van der Waals surface area contributed by atoms with Gasteiger partial charge in [0.05, 0.1) is 22.2 Å². The van der Waals surface area contributed by atoms with E-state index in [0.29, 0.717) is 17.5 Å². The highest BCUT2D eigenvalue weighted by Crippen LogP contribution is 2.56. The fraction of sp³-hybridized carbons (Fsp3) is 0.135. The van der Waals surface area contributed by atoms with E-state index in [4.69, 9.17) is 28.7 Å². The van der Waals surface area contributed by atoms with Crippen molar-refractivity contribution < 1.29 is 13.7 Å². The minimum atomic E-state index is -0.502. The maximum absolute atomic E-state index is 6.51. The fourth-order valence-corrected chi connectivity index (χ4v) is 9.03. The Morgan fingerprint density at radius 1 is 0.441 bits per heavy atom. The topological polar surface area (TPSA) is 70.3 Å². The van der Waals surface area contributed by atoms with E-state index in [-0.39, 0.29) is 0 Å². The summed E-state index contributed by atoms with van der Waals surface area (Å²) in [5.41, 5.74) is 10.9. The molecule has 7 heteroatoms. The van der Waals surface area contributed by atoms with E-state index >= 15 is 0 Å². The first-order valence-electron chi connectivity index (χ1n) is 20.2. The van der Waals surface area contributed by atoms with Crippen molar-refractivity contribution in [2.75, 3.05) is 0 Å². The Morgan fingerprint density at radius 2 is 0.983 bits per heavy atom. The molecule has 2 aromatic heterocycles.